The van der Waals surface area contributed by atoms with Crippen molar-refractivity contribution in [3.63, 3.8) is 0 Å². The number of hydrogen-bond acceptors (Lipinski definition) is 5. The van der Waals surface area contributed by atoms with Gasteiger partial charge in [0, 0.05) is 10.7 Å². The minimum Gasteiger partial charge on any atom is -0.342 e. The van der Waals surface area contributed by atoms with Crippen LogP contribution in [0.15, 0.2) is 24.5 Å². The van der Waals surface area contributed by atoms with E-state index in [0.717, 1.165) is 5.56 Å². The third kappa shape index (κ3) is 2.59. The number of halogens is 1. The third-order valence-corrected chi connectivity index (χ3v) is 3.66. The van der Waals surface area contributed by atoms with Crippen LogP contribution >= 0.6 is 11.6 Å². The minimum absolute atomic E-state index is 0.0382. The number of carbonyl (C=O) groups is 2. The summed E-state index contributed by atoms with van der Waals surface area (Å²) in [5, 5.41) is 13.6. The quantitative estimate of drug-likeness (QED) is 0.881. The summed E-state index contributed by atoms with van der Waals surface area (Å²) in [5.41, 5.74) is 1.51. The summed E-state index contributed by atoms with van der Waals surface area (Å²) in [4.78, 5) is 24.1. The molecule has 1 atom stereocenters. The molecule has 21 heavy (non-hydrogen) atoms. The number of aromatic nitrogens is 3. The highest BCUT2D eigenvalue weighted by Gasteiger charge is 2.30. The van der Waals surface area contributed by atoms with E-state index in [1.165, 1.54) is 10.9 Å². The zero-order valence-electron chi connectivity index (χ0n) is 11.1. The molecule has 2 heterocycles. The average molecular weight is 306 g/mol. The number of aryl methyl sites for hydroxylation is 1. The number of nitrogens with one attached hydrogen (secondary N) is 2. The lowest BCUT2D eigenvalue weighted by molar-refractivity contribution is -0.117. The highest BCUT2D eigenvalue weighted by Crippen LogP contribution is 2.21. The van der Waals surface area contributed by atoms with Crippen molar-refractivity contribution >= 4 is 35.1 Å². The molecule has 1 aromatic carbocycles. The predicted molar refractivity (Wildman–Crippen MR) is 77.5 cm³/mol. The van der Waals surface area contributed by atoms with Crippen molar-refractivity contribution in [2.75, 3.05) is 10.6 Å². The monoisotopic (exact) mass is 305 g/mol. The average Bonchev–Trinajstić information content (AvgIpc) is 2.92. The predicted octanol–water partition coefficient (Wildman–Crippen LogP) is 1.70. The molecule has 1 aliphatic rings. The maximum atomic E-state index is 12.2. The SMILES string of the molecule is Cc1ccc(NC(=O)C2CC(=O)n3cnnc3N2)cc1Cl. The molecule has 0 saturated heterocycles. The zero-order valence-corrected chi connectivity index (χ0v) is 11.9. The first-order valence-corrected chi connectivity index (χ1v) is 6.69. The van der Waals surface area contributed by atoms with Gasteiger partial charge in [0.05, 0.1) is 6.42 Å². The van der Waals surface area contributed by atoms with Gasteiger partial charge in [-0.25, -0.2) is 4.57 Å². The van der Waals surface area contributed by atoms with Crippen LogP contribution in [0.2, 0.25) is 5.02 Å². The fourth-order valence-corrected chi connectivity index (χ4v) is 2.23. The molecule has 0 bridgehead atoms. The lowest BCUT2D eigenvalue weighted by atomic mass is 10.1. The Morgan fingerprint density at radius 1 is 1.52 bits per heavy atom. The second kappa shape index (κ2) is 5.17. The number of amides is 1. The van der Waals surface area contributed by atoms with Gasteiger partial charge < -0.3 is 10.6 Å². The van der Waals surface area contributed by atoms with E-state index in [1.54, 1.807) is 12.1 Å². The van der Waals surface area contributed by atoms with E-state index in [4.69, 9.17) is 11.6 Å². The van der Waals surface area contributed by atoms with Crippen LogP contribution in [0.1, 0.15) is 16.8 Å². The Hall–Kier alpha value is -2.41. The molecule has 0 radical (unpaired) electrons. The molecule has 0 saturated carbocycles. The Bertz CT molecular complexity index is 727. The first-order chi connectivity index (χ1) is 10.0. The van der Waals surface area contributed by atoms with Gasteiger partial charge in [-0.1, -0.05) is 17.7 Å². The van der Waals surface area contributed by atoms with Crippen molar-refractivity contribution in [1.29, 1.82) is 0 Å². The Morgan fingerprint density at radius 2 is 2.33 bits per heavy atom. The Morgan fingerprint density at radius 3 is 3.10 bits per heavy atom. The van der Waals surface area contributed by atoms with Crippen LogP contribution in [0.4, 0.5) is 11.6 Å². The van der Waals surface area contributed by atoms with Crippen LogP contribution in [0, 0.1) is 6.92 Å². The summed E-state index contributed by atoms with van der Waals surface area (Å²) in [7, 11) is 0. The van der Waals surface area contributed by atoms with E-state index >= 15 is 0 Å². The normalized spacial score (nSPS) is 17.0. The first-order valence-electron chi connectivity index (χ1n) is 6.31. The summed E-state index contributed by atoms with van der Waals surface area (Å²) >= 11 is 6.02. The van der Waals surface area contributed by atoms with Gasteiger partial charge in [0.25, 0.3) is 0 Å². The third-order valence-electron chi connectivity index (χ3n) is 3.25. The van der Waals surface area contributed by atoms with E-state index in [-0.39, 0.29) is 24.2 Å². The van der Waals surface area contributed by atoms with Gasteiger partial charge >= 0.3 is 0 Å². The molecule has 1 amide bonds. The van der Waals surface area contributed by atoms with E-state index in [2.05, 4.69) is 20.8 Å². The first kappa shape index (κ1) is 13.6. The van der Waals surface area contributed by atoms with E-state index in [0.29, 0.717) is 10.7 Å². The van der Waals surface area contributed by atoms with Crippen molar-refractivity contribution in [3.05, 3.63) is 35.1 Å². The molecule has 0 fully saturated rings. The molecule has 7 nitrogen and oxygen atoms in total. The molecule has 2 aromatic rings. The second-order valence-corrected chi connectivity index (χ2v) is 5.18. The largest absolute Gasteiger partial charge is 0.342 e. The number of rotatable bonds is 2. The molecule has 108 valence electrons. The van der Waals surface area contributed by atoms with Crippen LogP contribution in [-0.2, 0) is 4.79 Å². The van der Waals surface area contributed by atoms with Gasteiger partial charge in [-0.3, -0.25) is 9.59 Å². The summed E-state index contributed by atoms with van der Waals surface area (Å²) in [5.74, 6) is -0.276. The highest BCUT2D eigenvalue weighted by atomic mass is 35.5. The standard InChI is InChI=1S/C13H12ClN5O2/c1-7-2-3-8(4-9(7)14)16-12(21)10-5-11(20)19-6-15-18-13(19)17-10/h2-4,6,10H,5H2,1H3,(H,16,21)(H,17,18). The topological polar surface area (TPSA) is 88.9 Å². The maximum Gasteiger partial charge on any atom is 0.247 e. The molecule has 1 aromatic heterocycles. The van der Waals surface area contributed by atoms with Gasteiger partial charge in [-0.05, 0) is 24.6 Å². The molecule has 1 aliphatic heterocycles. The fourth-order valence-electron chi connectivity index (χ4n) is 2.05. The number of anilines is 2. The van der Waals surface area contributed by atoms with Crippen molar-refractivity contribution in [2.45, 2.75) is 19.4 Å². The molecule has 3 rings (SSSR count). The number of benzene rings is 1. The smallest absolute Gasteiger partial charge is 0.247 e. The minimum atomic E-state index is -0.686. The lowest BCUT2D eigenvalue weighted by Crippen LogP contribution is -2.42. The molecular formula is C13H12ClN5O2. The molecule has 1 unspecified atom stereocenters. The molecule has 8 heteroatoms. The van der Waals surface area contributed by atoms with E-state index in [9.17, 15) is 9.59 Å². The Balaban J connectivity index is 1.74. The van der Waals surface area contributed by atoms with Crippen molar-refractivity contribution in [1.82, 2.24) is 14.8 Å². The zero-order chi connectivity index (χ0) is 15.0. The highest BCUT2D eigenvalue weighted by molar-refractivity contribution is 6.31. The number of carbonyl (C=O) groups excluding carboxylic acids is 2. The maximum absolute atomic E-state index is 12.2. The lowest BCUT2D eigenvalue weighted by Gasteiger charge is -2.22. The van der Waals surface area contributed by atoms with Gasteiger partial charge in [-0.15, -0.1) is 10.2 Å². The van der Waals surface area contributed by atoms with Crippen LogP contribution in [0.3, 0.4) is 0 Å². The molecule has 2 N–H and O–H groups in total. The Labute approximate surface area is 125 Å². The van der Waals surface area contributed by atoms with Crippen molar-refractivity contribution in [2.24, 2.45) is 0 Å². The number of hydrogen-bond donors (Lipinski definition) is 2. The summed E-state index contributed by atoms with van der Waals surface area (Å²) in [6.45, 7) is 1.88. The Kier molecular flexibility index (Phi) is 3.34. The van der Waals surface area contributed by atoms with Crippen molar-refractivity contribution < 1.29 is 9.59 Å². The van der Waals surface area contributed by atoms with Crippen LogP contribution in [0.25, 0.3) is 0 Å². The van der Waals surface area contributed by atoms with Crippen molar-refractivity contribution in [3.8, 4) is 0 Å². The number of nitrogens with zero attached hydrogens (tertiary/aromatic N) is 3. The molecular weight excluding hydrogens is 294 g/mol. The van der Waals surface area contributed by atoms with Gasteiger partial charge in [-0.2, -0.15) is 0 Å². The second-order valence-electron chi connectivity index (χ2n) is 4.77. The van der Waals surface area contributed by atoms with E-state index in [1.807, 2.05) is 13.0 Å². The molecule has 0 spiro atoms. The summed E-state index contributed by atoms with van der Waals surface area (Å²) in [6, 6.07) is 4.55. The van der Waals surface area contributed by atoms with E-state index < -0.39 is 6.04 Å². The van der Waals surface area contributed by atoms with Crippen LogP contribution in [0.5, 0.6) is 0 Å². The summed E-state index contributed by atoms with van der Waals surface area (Å²) in [6.07, 6.45) is 1.36. The number of fused-ring (bicyclic) bond motifs is 1. The van der Waals surface area contributed by atoms with Crippen LogP contribution in [-0.4, -0.2) is 32.6 Å². The fraction of sp³-hybridized carbons (Fsp3) is 0.231. The van der Waals surface area contributed by atoms with Crippen LogP contribution < -0.4 is 10.6 Å². The van der Waals surface area contributed by atoms with Gasteiger partial charge in [0.1, 0.15) is 12.4 Å². The molecule has 0 aliphatic carbocycles. The van der Waals surface area contributed by atoms with Gasteiger partial charge in [0.15, 0.2) is 0 Å². The summed E-state index contributed by atoms with van der Waals surface area (Å²) < 4.78 is 1.28. The van der Waals surface area contributed by atoms with Gasteiger partial charge in [0.2, 0.25) is 17.8 Å².